The number of aromatic nitrogens is 2. The Morgan fingerprint density at radius 2 is 2.13 bits per heavy atom. The van der Waals surface area contributed by atoms with Crippen molar-refractivity contribution in [3.8, 4) is 5.75 Å². The standard InChI is InChI=1S/C23H30N4O3/c1-4-8-21(28)27-12-6-5-11-20(27)22-24-15-19(16(2)26-22)23(29)25-14-17-9-7-10-18(13-17)30-3/h7,9-10,13,15,20H,4-6,8,11-12,14H2,1-3H3,(H,25,29)/t20-/m0/s1. The summed E-state index contributed by atoms with van der Waals surface area (Å²) in [6.07, 6.45) is 5.86. The second-order valence-corrected chi connectivity index (χ2v) is 7.61. The average molecular weight is 411 g/mol. The molecule has 1 fully saturated rings. The van der Waals surface area contributed by atoms with Gasteiger partial charge in [0, 0.05) is 25.7 Å². The van der Waals surface area contributed by atoms with Crippen LogP contribution in [0.3, 0.4) is 0 Å². The zero-order valence-corrected chi connectivity index (χ0v) is 18.0. The number of amides is 2. The van der Waals surface area contributed by atoms with Gasteiger partial charge in [0.25, 0.3) is 5.91 Å². The fourth-order valence-electron chi connectivity index (χ4n) is 3.78. The Balaban J connectivity index is 1.70. The number of aryl methyl sites for hydroxylation is 1. The van der Waals surface area contributed by atoms with Crippen molar-refractivity contribution in [3.63, 3.8) is 0 Å². The van der Waals surface area contributed by atoms with Gasteiger partial charge in [0.05, 0.1) is 24.4 Å². The molecule has 1 aliphatic heterocycles. The van der Waals surface area contributed by atoms with Crippen LogP contribution in [0.5, 0.6) is 5.75 Å². The minimum absolute atomic E-state index is 0.106. The van der Waals surface area contributed by atoms with Gasteiger partial charge in [-0.05, 0) is 50.3 Å². The Morgan fingerprint density at radius 3 is 2.87 bits per heavy atom. The van der Waals surface area contributed by atoms with Gasteiger partial charge in [0.1, 0.15) is 5.75 Å². The Kier molecular flexibility index (Phi) is 7.38. The van der Waals surface area contributed by atoms with Crippen LogP contribution in [-0.2, 0) is 11.3 Å². The molecular weight excluding hydrogens is 380 g/mol. The lowest BCUT2D eigenvalue weighted by Crippen LogP contribution is -2.39. The highest BCUT2D eigenvalue weighted by molar-refractivity contribution is 5.94. The third kappa shape index (κ3) is 5.14. The summed E-state index contributed by atoms with van der Waals surface area (Å²) >= 11 is 0. The van der Waals surface area contributed by atoms with Crippen molar-refractivity contribution in [2.45, 2.75) is 58.5 Å². The average Bonchev–Trinajstić information content (AvgIpc) is 2.77. The van der Waals surface area contributed by atoms with Crippen LogP contribution in [0.2, 0.25) is 0 Å². The summed E-state index contributed by atoms with van der Waals surface area (Å²) < 4.78 is 5.22. The molecule has 0 bridgehead atoms. The number of rotatable bonds is 7. The fraction of sp³-hybridized carbons (Fsp3) is 0.478. The third-order valence-corrected chi connectivity index (χ3v) is 5.41. The number of benzene rings is 1. The number of piperidine rings is 1. The van der Waals surface area contributed by atoms with Gasteiger partial charge in [0.2, 0.25) is 5.91 Å². The fourth-order valence-corrected chi connectivity index (χ4v) is 3.78. The molecule has 0 spiro atoms. The summed E-state index contributed by atoms with van der Waals surface area (Å²) in [6, 6.07) is 7.46. The number of hydrogen-bond donors (Lipinski definition) is 1. The molecule has 1 N–H and O–H groups in total. The normalized spacial score (nSPS) is 16.2. The van der Waals surface area contributed by atoms with Gasteiger partial charge in [-0.1, -0.05) is 19.1 Å². The van der Waals surface area contributed by atoms with Crippen molar-refractivity contribution >= 4 is 11.8 Å². The number of hydrogen-bond acceptors (Lipinski definition) is 5. The van der Waals surface area contributed by atoms with E-state index in [1.54, 1.807) is 13.3 Å². The number of nitrogens with zero attached hydrogens (tertiary/aromatic N) is 3. The number of carbonyl (C=O) groups is 2. The summed E-state index contributed by atoms with van der Waals surface area (Å²) in [4.78, 5) is 36.1. The Bertz CT molecular complexity index is 900. The summed E-state index contributed by atoms with van der Waals surface area (Å²) in [7, 11) is 1.61. The molecular formula is C23H30N4O3. The first kappa shape index (κ1) is 21.7. The van der Waals surface area contributed by atoms with E-state index in [9.17, 15) is 9.59 Å². The first-order chi connectivity index (χ1) is 14.5. The summed E-state index contributed by atoms with van der Waals surface area (Å²) in [6.45, 7) is 4.96. The Labute approximate surface area is 177 Å². The molecule has 7 nitrogen and oxygen atoms in total. The van der Waals surface area contributed by atoms with Crippen LogP contribution in [-0.4, -0.2) is 40.3 Å². The zero-order valence-electron chi connectivity index (χ0n) is 18.0. The topological polar surface area (TPSA) is 84.4 Å². The smallest absolute Gasteiger partial charge is 0.254 e. The number of carbonyl (C=O) groups excluding carboxylic acids is 2. The lowest BCUT2D eigenvalue weighted by atomic mass is 10.0. The van der Waals surface area contributed by atoms with Gasteiger partial charge in [0.15, 0.2) is 5.82 Å². The predicted molar refractivity (Wildman–Crippen MR) is 114 cm³/mol. The molecule has 1 aromatic carbocycles. The molecule has 1 atom stereocenters. The second kappa shape index (κ2) is 10.2. The highest BCUT2D eigenvalue weighted by atomic mass is 16.5. The molecule has 1 aliphatic rings. The van der Waals surface area contributed by atoms with Crippen molar-refractivity contribution in [2.24, 2.45) is 0 Å². The van der Waals surface area contributed by atoms with E-state index in [0.29, 0.717) is 30.0 Å². The minimum atomic E-state index is -0.218. The lowest BCUT2D eigenvalue weighted by Gasteiger charge is -2.35. The Hall–Kier alpha value is -2.96. The monoisotopic (exact) mass is 410 g/mol. The second-order valence-electron chi connectivity index (χ2n) is 7.61. The van der Waals surface area contributed by atoms with Crippen molar-refractivity contribution in [3.05, 3.63) is 53.1 Å². The Morgan fingerprint density at radius 1 is 1.30 bits per heavy atom. The van der Waals surface area contributed by atoms with Crippen LogP contribution in [0.1, 0.15) is 72.5 Å². The van der Waals surface area contributed by atoms with Gasteiger partial charge >= 0.3 is 0 Å². The summed E-state index contributed by atoms with van der Waals surface area (Å²) in [5.74, 6) is 1.31. The molecule has 1 aromatic heterocycles. The van der Waals surface area contributed by atoms with Gasteiger partial charge in [-0.3, -0.25) is 9.59 Å². The first-order valence-electron chi connectivity index (χ1n) is 10.6. The number of nitrogens with one attached hydrogen (secondary N) is 1. The SMILES string of the molecule is CCCC(=O)N1CCCC[C@H]1c1ncc(C(=O)NCc2cccc(OC)c2)c(C)n1. The van der Waals surface area contributed by atoms with E-state index >= 15 is 0 Å². The maximum absolute atomic E-state index is 12.7. The van der Waals surface area contributed by atoms with Crippen molar-refractivity contribution < 1.29 is 14.3 Å². The van der Waals surface area contributed by atoms with E-state index < -0.39 is 0 Å². The van der Waals surface area contributed by atoms with Crippen LogP contribution >= 0.6 is 0 Å². The molecule has 30 heavy (non-hydrogen) atoms. The minimum Gasteiger partial charge on any atom is -0.497 e. The molecule has 3 rings (SSSR count). The molecule has 1 saturated heterocycles. The maximum Gasteiger partial charge on any atom is 0.254 e. The van der Waals surface area contributed by atoms with E-state index in [-0.39, 0.29) is 17.9 Å². The van der Waals surface area contributed by atoms with Crippen molar-refractivity contribution in [1.29, 1.82) is 0 Å². The highest BCUT2D eigenvalue weighted by Gasteiger charge is 2.30. The van der Waals surface area contributed by atoms with E-state index in [0.717, 1.165) is 43.5 Å². The molecule has 2 amide bonds. The zero-order chi connectivity index (χ0) is 21.5. The highest BCUT2D eigenvalue weighted by Crippen LogP contribution is 2.30. The van der Waals surface area contributed by atoms with Gasteiger partial charge < -0.3 is 15.0 Å². The molecule has 7 heteroatoms. The number of ether oxygens (including phenoxy) is 1. The molecule has 0 radical (unpaired) electrons. The van der Waals surface area contributed by atoms with Crippen LogP contribution < -0.4 is 10.1 Å². The van der Waals surface area contributed by atoms with E-state index in [2.05, 4.69) is 15.3 Å². The summed E-state index contributed by atoms with van der Waals surface area (Å²) in [5, 5.41) is 2.91. The molecule has 0 aliphatic carbocycles. The van der Waals surface area contributed by atoms with Crippen LogP contribution in [0.15, 0.2) is 30.5 Å². The molecule has 160 valence electrons. The van der Waals surface area contributed by atoms with Crippen molar-refractivity contribution in [2.75, 3.05) is 13.7 Å². The van der Waals surface area contributed by atoms with Crippen LogP contribution in [0.25, 0.3) is 0 Å². The van der Waals surface area contributed by atoms with Gasteiger partial charge in [-0.15, -0.1) is 0 Å². The molecule has 2 aromatic rings. The molecule has 0 saturated carbocycles. The predicted octanol–water partition coefficient (Wildman–Crippen LogP) is 3.58. The first-order valence-corrected chi connectivity index (χ1v) is 10.6. The van der Waals surface area contributed by atoms with Crippen LogP contribution in [0, 0.1) is 6.92 Å². The van der Waals surface area contributed by atoms with E-state index in [1.807, 2.05) is 43.0 Å². The van der Waals surface area contributed by atoms with E-state index in [1.165, 1.54) is 0 Å². The number of likely N-dealkylation sites (tertiary alicyclic amines) is 1. The summed E-state index contributed by atoms with van der Waals surface area (Å²) in [5.41, 5.74) is 2.02. The largest absolute Gasteiger partial charge is 0.497 e. The third-order valence-electron chi connectivity index (χ3n) is 5.41. The molecule has 0 unspecified atom stereocenters. The van der Waals surface area contributed by atoms with Crippen LogP contribution in [0.4, 0.5) is 0 Å². The van der Waals surface area contributed by atoms with Gasteiger partial charge in [-0.25, -0.2) is 9.97 Å². The molecule has 2 heterocycles. The maximum atomic E-state index is 12.7. The van der Waals surface area contributed by atoms with E-state index in [4.69, 9.17) is 4.74 Å². The quantitative estimate of drug-likeness (QED) is 0.754. The number of methoxy groups -OCH3 is 1. The lowest BCUT2D eigenvalue weighted by molar-refractivity contribution is -0.135. The van der Waals surface area contributed by atoms with Gasteiger partial charge in [-0.2, -0.15) is 0 Å². The van der Waals surface area contributed by atoms with Crippen molar-refractivity contribution in [1.82, 2.24) is 20.2 Å².